The second kappa shape index (κ2) is 8.30. The van der Waals surface area contributed by atoms with E-state index < -0.39 is 11.2 Å². The predicted octanol–water partition coefficient (Wildman–Crippen LogP) is 1.86. The van der Waals surface area contributed by atoms with Crippen LogP contribution >= 0.6 is 11.8 Å². The van der Waals surface area contributed by atoms with Crippen molar-refractivity contribution in [2.75, 3.05) is 5.32 Å². The van der Waals surface area contributed by atoms with Crippen molar-refractivity contribution in [3.05, 3.63) is 87.5 Å². The zero-order chi connectivity index (χ0) is 18.4. The van der Waals surface area contributed by atoms with Crippen LogP contribution in [0.4, 0.5) is 5.69 Å². The molecule has 0 radical (unpaired) electrons. The molecule has 0 bridgehead atoms. The molecule has 0 spiro atoms. The van der Waals surface area contributed by atoms with E-state index in [0.717, 1.165) is 20.8 Å². The molecule has 0 unspecified atom stereocenters. The first-order chi connectivity index (χ1) is 12.6. The van der Waals surface area contributed by atoms with Gasteiger partial charge in [0.15, 0.2) is 0 Å². The summed E-state index contributed by atoms with van der Waals surface area (Å²) in [5.41, 5.74) is 0.667. The van der Waals surface area contributed by atoms with Crippen molar-refractivity contribution < 1.29 is 4.79 Å². The summed E-state index contributed by atoms with van der Waals surface area (Å²) < 4.78 is 1.13. The van der Waals surface area contributed by atoms with Crippen LogP contribution in [0.15, 0.2) is 75.5 Å². The van der Waals surface area contributed by atoms with E-state index in [-0.39, 0.29) is 12.5 Å². The van der Waals surface area contributed by atoms with Gasteiger partial charge in [-0.2, -0.15) is 0 Å². The fraction of sp³-hybridized carbons (Fsp3) is 0.111. The minimum atomic E-state index is -0.616. The second-order valence-electron chi connectivity index (χ2n) is 5.46. The minimum Gasteiger partial charge on any atom is -0.325 e. The van der Waals surface area contributed by atoms with E-state index in [9.17, 15) is 14.4 Å². The van der Waals surface area contributed by atoms with Crippen LogP contribution in [0.5, 0.6) is 0 Å². The molecule has 26 heavy (non-hydrogen) atoms. The van der Waals surface area contributed by atoms with Crippen molar-refractivity contribution in [3.8, 4) is 0 Å². The highest BCUT2D eigenvalue weighted by Gasteiger charge is 2.06. The van der Waals surface area contributed by atoms with E-state index in [4.69, 9.17) is 0 Å². The zero-order valence-electron chi connectivity index (χ0n) is 13.7. The van der Waals surface area contributed by atoms with Crippen LogP contribution < -0.4 is 16.6 Å². The van der Waals surface area contributed by atoms with Gasteiger partial charge < -0.3 is 5.32 Å². The molecule has 1 amide bonds. The number of aromatic amines is 1. The molecule has 0 aliphatic carbocycles. The predicted molar refractivity (Wildman–Crippen MR) is 100 cm³/mol. The molecule has 0 aliphatic rings. The average Bonchev–Trinajstić information content (AvgIpc) is 2.64. The Bertz CT molecular complexity index is 997. The van der Waals surface area contributed by atoms with E-state index >= 15 is 0 Å². The van der Waals surface area contributed by atoms with Crippen LogP contribution in [0.2, 0.25) is 0 Å². The lowest BCUT2D eigenvalue weighted by Gasteiger charge is -2.08. The average molecular weight is 368 g/mol. The number of hydrogen-bond donors (Lipinski definition) is 2. The van der Waals surface area contributed by atoms with Crippen LogP contribution in [-0.2, 0) is 17.1 Å². The number of hydrogen-bond acceptors (Lipinski definition) is 5. The van der Waals surface area contributed by atoms with Gasteiger partial charge in [0.1, 0.15) is 6.54 Å². The first-order valence-electron chi connectivity index (χ1n) is 7.81. The fourth-order valence-electron chi connectivity index (χ4n) is 2.21. The Balaban J connectivity index is 1.55. The maximum atomic E-state index is 12.0. The van der Waals surface area contributed by atoms with E-state index in [1.165, 1.54) is 12.3 Å². The number of thioether (sulfide) groups is 1. The Labute approximate surface area is 153 Å². The lowest BCUT2D eigenvalue weighted by atomic mass is 10.3. The summed E-state index contributed by atoms with van der Waals surface area (Å²) in [6.45, 7) is -0.173. The summed E-state index contributed by atoms with van der Waals surface area (Å²) in [4.78, 5) is 41.9. The van der Waals surface area contributed by atoms with Crippen molar-refractivity contribution in [2.24, 2.45) is 0 Å². The van der Waals surface area contributed by atoms with Crippen LogP contribution in [0.3, 0.4) is 0 Å². The molecular weight excluding hydrogens is 352 g/mol. The van der Waals surface area contributed by atoms with E-state index in [2.05, 4.69) is 15.3 Å². The van der Waals surface area contributed by atoms with Crippen molar-refractivity contribution in [2.45, 2.75) is 17.2 Å². The van der Waals surface area contributed by atoms with Gasteiger partial charge in [0, 0.05) is 41.0 Å². The standard InChI is InChI=1S/C18H16N4O3S/c23-16-7-9-22(18(25)21-16)11-17(24)20-14-3-5-15(6-4-14)26-12-13-2-1-8-19-10-13/h1-10H,11-12H2,(H,20,24)(H,21,23,25). The van der Waals surface area contributed by atoms with Gasteiger partial charge in [0.2, 0.25) is 5.91 Å². The number of amides is 1. The molecule has 3 aromatic rings. The Morgan fingerprint density at radius 2 is 1.96 bits per heavy atom. The highest BCUT2D eigenvalue weighted by molar-refractivity contribution is 7.98. The SMILES string of the molecule is O=C(Cn1ccc(=O)[nH]c1=O)Nc1ccc(SCc2cccnc2)cc1. The van der Waals surface area contributed by atoms with Crippen LogP contribution in [0, 0.1) is 0 Å². The smallest absolute Gasteiger partial charge is 0.325 e. The molecule has 0 fully saturated rings. The topological polar surface area (TPSA) is 96.9 Å². The summed E-state index contributed by atoms with van der Waals surface area (Å²) in [5.74, 6) is 0.462. The lowest BCUT2D eigenvalue weighted by molar-refractivity contribution is -0.116. The molecule has 0 saturated carbocycles. The van der Waals surface area contributed by atoms with Gasteiger partial charge >= 0.3 is 5.69 Å². The number of benzene rings is 1. The van der Waals surface area contributed by atoms with Crippen LogP contribution in [0.1, 0.15) is 5.56 Å². The first kappa shape index (κ1) is 17.7. The number of rotatable bonds is 6. The third-order valence-electron chi connectivity index (χ3n) is 3.48. The molecule has 7 nitrogen and oxygen atoms in total. The zero-order valence-corrected chi connectivity index (χ0v) is 14.5. The number of nitrogens with one attached hydrogen (secondary N) is 2. The van der Waals surface area contributed by atoms with E-state index in [1.807, 2.05) is 30.5 Å². The Kier molecular flexibility index (Phi) is 5.65. The number of aromatic nitrogens is 3. The molecule has 2 aromatic heterocycles. The first-order valence-corrected chi connectivity index (χ1v) is 8.80. The van der Waals surface area contributed by atoms with Gasteiger partial charge in [0.25, 0.3) is 5.56 Å². The van der Waals surface area contributed by atoms with Crippen LogP contribution in [-0.4, -0.2) is 20.4 Å². The number of pyridine rings is 1. The van der Waals surface area contributed by atoms with E-state index in [1.54, 1.807) is 30.1 Å². The third-order valence-corrected chi connectivity index (χ3v) is 4.56. The number of anilines is 1. The summed E-state index contributed by atoms with van der Waals surface area (Å²) in [7, 11) is 0. The summed E-state index contributed by atoms with van der Waals surface area (Å²) in [6.07, 6.45) is 4.87. The Hall–Kier alpha value is -3.13. The molecular formula is C18H16N4O3S. The second-order valence-corrected chi connectivity index (χ2v) is 6.51. The van der Waals surface area contributed by atoms with Gasteiger partial charge in [-0.1, -0.05) is 6.07 Å². The maximum Gasteiger partial charge on any atom is 0.328 e. The van der Waals surface area contributed by atoms with Gasteiger partial charge in [-0.3, -0.25) is 24.1 Å². The molecule has 2 heterocycles. The molecule has 1 aromatic carbocycles. The van der Waals surface area contributed by atoms with Gasteiger partial charge in [-0.25, -0.2) is 4.79 Å². The quantitative estimate of drug-likeness (QED) is 0.648. The molecule has 2 N–H and O–H groups in total. The molecule has 132 valence electrons. The summed E-state index contributed by atoms with van der Waals surface area (Å²) in [6, 6.07) is 12.6. The molecule has 0 saturated heterocycles. The third kappa shape index (κ3) is 4.93. The van der Waals surface area contributed by atoms with E-state index in [0.29, 0.717) is 5.69 Å². The number of nitrogens with zero attached hydrogens (tertiary/aromatic N) is 2. The summed E-state index contributed by atoms with van der Waals surface area (Å²) >= 11 is 1.68. The minimum absolute atomic E-state index is 0.173. The molecule has 0 aliphatic heterocycles. The number of carbonyl (C=O) groups excluding carboxylic acids is 1. The van der Waals surface area contributed by atoms with Crippen molar-refractivity contribution in [1.82, 2.24) is 14.5 Å². The highest BCUT2D eigenvalue weighted by atomic mass is 32.2. The molecule has 8 heteroatoms. The normalized spacial score (nSPS) is 10.5. The lowest BCUT2D eigenvalue weighted by Crippen LogP contribution is -2.32. The molecule has 3 rings (SSSR count). The number of H-pyrrole nitrogens is 1. The Morgan fingerprint density at radius 3 is 2.65 bits per heavy atom. The van der Waals surface area contributed by atoms with Gasteiger partial charge in [-0.15, -0.1) is 11.8 Å². The fourth-order valence-corrected chi connectivity index (χ4v) is 3.04. The maximum absolute atomic E-state index is 12.0. The van der Waals surface area contributed by atoms with Crippen LogP contribution in [0.25, 0.3) is 0 Å². The van der Waals surface area contributed by atoms with Crippen molar-refractivity contribution in [3.63, 3.8) is 0 Å². The Morgan fingerprint density at radius 1 is 1.15 bits per heavy atom. The molecule has 0 atom stereocenters. The van der Waals surface area contributed by atoms with Gasteiger partial charge in [-0.05, 0) is 35.9 Å². The summed E-state index contributed by atoms with van der Waals surface area (Å²) in [5, 5.41) is 2.72. The van der Waals surface area contributed by atoms with Crippen molar-refractivity contribution in [1.29, 1.82) is 0 Å². The van der Waals surface area contributed by atoms with Crippen molar-refractivity contribution >= 4 is 23.4 Å². The monoisotopic (exact) mass is 368 g/mol. The van der Waals surface area contributed by atoms with Gasteiger partial charge in [0.05, 0.1) is 0 Å². The largest absolute Gasteiger partial charge is 0.328 e. The highest BCUT2D eigenvalue weighted by Crippen LogP contribution is 2.23. The number of carbonyl (C=O) groups is 1.